The van der Waals surface area contributed by atoms with Gasteiger partial charge in [-0.15, -0.1) is 6.58 Å². The molecule has 0 radical (unpaired) electrons. The van der Waals surface area contributed by atoms with Gasteiger partial charge in [-0.1, -0.05) is 6.08 Å². The highest BCUT2D eigenvalue weighted by Crippen LogP contribution is 1.99. The van der Waals surface area contributed by atoms with Crippen molar-refractivity contribution in [1.82, 2.24) is 0 Å². The lowest BCUT2D eigenvalue weighted by Crippen LogP contribution is -2.03. The van der Waals surface area contributed by atoms with Gasteiger partial charge in [0.2, 0.25) is 0 Å². The molecule has 0 saturated heterocycles. The molecule has 0 aliphatic carbocycles. The van der Waals surface area contributed by atoms with Crippen LogP contribution in [-0.2, 0) is 0 Å². The molecule has 0 aliphatic rings. The molecule has 0 saturated carbocycles. The van der Waals surface area contributed by atoms with E-state index in [1.165, 1.54) is 0 Å². The van der Waals surface area contributed by atoms with Gasteiger partial charge in [0.25, 0.3) is 0 Å². The smallest absolute Gasteiger partial charge is 0.0494 e. The first-order valence-corrected chi connectivity index (χ1v) is 2.69. The Bertz CT molecular complexity index is 61.5. The van der Waals surface area contributed by atoms with Crippen molar-refractivity contribution in [3.05, 3.63) is 12.7 Å². The largest absolute Gasteiger partial charge is 0.396 e. The fraction of sp³-hybridized carbons (Fsp3) is 0.667. The summed E-state index contributed by atoms with van der Waals surface area (Å²) in [5.74, 6) is 0.0694. The van der Waals surface area contributed by atoms with Crippen LogP contribution in [0.25, 0.3) is 0 Å². The number of hydrogen-bond acceptors (Lipinski definition) is 2. The first-order chi connectivity index (χ1) is 3.85. The van der Waals surface area contributed by atoms with Crippen LogP contribution in [0.4, 0.5) is 0 Å². The van der Waals surface area contributed by atoms with Crippen molar-refractivity contribution in [2.75, 3.05) is 13.2 Å². The van der Waals surface area contributed by atoms with Gasteiger partial charge in [0.15, 0.2) is 0 Å². The second-order valence-corrected chi connectivity index (χ2v) is 1.69. The summed E-state index contributed by atoms with van der Waals surface area (Å²) in [4.78, 5) is 0. The summed E-state index contributed by atoms with van der Waals surface area (Å²) in [5.41, 5.74) is 0. The lowest BCUT2D eigenvalue weighted by Gasteiger charge is -2.03. The van der Waals surface area contributed by atoms with Crippen LogP contribution < -0.4 is 0 Å². The van der Waals surface area contributed by atoms with E-state index in [0.717, 1.165) is 0 Å². The molecule has 0 fully saturated rings. The first kappa shape index (κ1) is 7.66. The molecule has 48 valence electrons. The molecular weight excluding hydrogens is 104 g/mol. The molecule has 1 unspecified atom stereocenters. The fourth-order valence-corrected chi connectivity index (χ4v) is 0.449. The van der Waals surface area contributed by atoms with E-state index >= 15 is 0 Å². The van der Waals surface area contributed by atoms with Crippen molar-refractivity contribution >= 4 is 0 Å². The quantitative estimate of drug-likeness (QED) is 0.514. The maximum absolute atomic E-state index is 8.47. The van der Waals surface area contributed by atoms with Crippen LogP contribution in [0.15, 0.2) is 12.7 Å². The number of hydrogen-bond donors (Lipinski definition) is 2. The van der Waals surface area contributed by atoms with Gasteiger partial charge in [-0.2, -0.15) is 0 Å². The predicted octanol–water partition coefficient (Wildman–Crippen LogP) is 0.163. The average Bonchev–Trinajstić information content (AvgIpc) is 1.83. The zero-order chi connectivity index (χ0) is 6.41. The molecular formula is C6H12O2. The second-order valence-electron chi connectivity index (χ2n) is 1.69. The Hall–Kier alpha value is -0.340. The minimum absolute atomic E-state index is 0.0694. The van der Waals surface area contributed by atoms with E-state index in [4.69, 9.17) is 10.2 Å². The summed E-state index contributed by atoms with van der Waals surface area (Å²) in [5, 5.41) is 16.8. The van der Waals surface area contributed by atoms with E-state index in [1.807, 2.05) is 0 Å². The van der Waals surface area contributed by atoms with Crippen molar-refractivity contribution < 1.29 is 10.2 Å². The lowest BCUT2D eigenvalue weighted by atomic mass is 10.1. The van der Waals surface area contributed by atoms with E-state index < -0.39 is 0 Å². The van der Waals surface area contributed by atoms with Crippen LogP contribution in [0.5, 0.6) is 0 Å². The number of rotatable bonds is 4. The van der Waals surface area contributed by atoms with Gasteiger partial charge in [0, 0.05) is 19.1 Å². The van der Waals surface area contributed by atoms with Gasteiger partial charge >= 0.3 is 0 Å². The molecule has 0 aromatic carbocycles. The van der Waals surface area contributed by atoms with Gasteiger partial charge in [-0.3, -0.25) is 0 Å². The maximum atomic E-state index is 8.47. The van der Waals surface area contributed by atoms with Gasteiger partial charge in [-0.05, 0) is 6.42 Å². The summed E-state index contributed by atoms with van der Waals surface area (Å²) < 4.78 is 0. The molecule has 2 N–H and O–H groups in total. The van der Waals surface area contributed by atoms with Gasteiger partial charge in [0.1, 0.15) is 0 Å². The standard InChI is InChI=1S/C6H12O2/c1-2-6(5-8)3-4-7/h2,6-8H,1,3-5H2. The SMILES string of the molecule is C=CC(CO)CCO. The number of aliphatic hydroxyl groups is 2. The van der Waals surface area contributed by atoms with Crippen molar-refractivity contribution in [3.63, 3.8) is 0 Å². The van der Waals surface area contributed by atoms with E-state index in [9.17, 15) is 0 Å². The summed E-state index contributed by atoms with van der Waals surface area (Å²) >= 11 is 0. The van der Waals surface area contributed by atoms with Crippen molar-refractivity contribution in [1.29, 1.82) is 0 Å². The monoisotopic (exact) mass is 116 g/mol. The number of aliphatic hydroxyl groups excluding tert-OH is 2. The highest BCUT2D eigenvalue weighted by atomic mass is 16.3. The molecule has 2 nitrogen and oxygen atoms in total. The summed E-state index contributed by atoms with van der Waals surface area (Å²) in [6.45, 7) is 3.69. The maximum Gasteiger partial charge on any atom is 0.0494 e. The fourth-order valence-electron chi connectivity index (χ4n) is 0.449. The van der Waals surface area contributed by atoms with Crippen molar-refractivity contribution in [2.24, 2.45) is 5.92 Å². The van der Waals surface area contributed by atoms with Crippen LogP contribution in [0.1, 0.15) is 6.42 Å². The predicted molar refractivity (Wildman–Crippen MR) is 32.5 cm³/mol. The molecule has 0 heterocycles. The molecule has 8 heavy (non-hydrogen) atoms. The summed E-state index contributed by atoms with van der Waals surface area (Å²) in [6, 6.07) is 0. The zero-order valence-corrected chi connectivity index (χ0v) is 4.88. The first-order valence-electron chi connectivity index (χ1n) is 2.69. The molecule has 0 amide bonds. The van der Waals surface area contributed by atoms with Crippen molar-refractivity contribution in [3.8, 4) is 0 Å². The van der Waals surface area contributed by atoms with Gasteiger partial charge in [-0.25, -0.2) is 0 Å². The summed E-state index contributed by atoms with van der Waals surface area (Å²) in [7, 11) is 0. The molecule has 0 bridgehead atoms. The van der Waals surface area contributed by atoms with Crippen LogP contribution in [-0.4, -0.2) is 23.4 Å². The normalized spacial score (nSPS) is 13.2. The molecule has 0 aromatic heterocycles. The van der Waals surface area contributed by atoms with Crippen LogP contribution in [0, 0.1) is 5.92 Å². The summed E-state index contributed by atoms with van der Waals surface area (Å²) in [6.07, 6.45) is 2.26. The van der Waals surface area contributed by atoms with E-state index in [1.54, 1.807) is 6.08 Å². The second kappa shape index (κ2) is 4.81. The topological polar surface area (TPSA) is 40.5 Å². The molecule has 1 atom stereocenters. The van der Waals surface area contributed by atoms with E-state index in [0.29, 0.717) is 6.42 Å². The average molecular weight is 116 g/mol. The van der Waals surface area contributed by atoms with Crippen molar-refractivity contribution in [2.45, 2.75) is 6.42 Å². The van der Waals surface area contributed by atoms with Crippen LogP contribution in [0.3, 0.4) is 0 Å². The van der Waals surface area contributed by atoms with E-state index in [2.05, 4.69) is 6.58 Å². The molecule has 0 spiro atoms. The van der Waals surface area contributed by atoms with Crippen LogP contribution >= 0.6 is 0 Å². The third-order valence-corrected chi connectivity index (χ3v) is 1.07. The molecule has 2 heteroatoms. The van der Waals surface area contributed by atoms with Gasteiger partial charge in [0.05, 0.1) is 0 Å². The Morgan fingerprint density at radius 3 is 2.25 bits per heavy atom. The molecule has 0 rings (SSSR count). The molecule has 0 aromatic rings. The Morgan fingerprint density at radius 2 is 2.12 bits per heavy atom. The zero-order valence-electron chi connectivity index (χ0n) is 4.88. The third-order valence-electron chi connectivity index (χ3n) is 1.07. The molecule has 0 aliphatic heterocycles. The Morgan fingerprint density at radius 1 is 1.50 bits per heavy atom. The highest BCUT2D eigenvalue weighted by molar-refractivity contribution is 4.77. The minimum Gasteiger partial charge on any atom is -0.396 e. The third kappa shape index (κ3) is 2.77. The van der Waals surface area contributed by atoms with Gasteiger partial charge < -0.3 is 10.2 Å². The highest BCUT2D eigenvalue weighted by Gasteiger charge is 1.97. The van der Waals surface area contributed by atoms with E-state index in [-0.39, 0.29) is 19.1 Å². The Kier molecular flexibility index (Phi) is 4.61. The Balaban J connectivity index is 3.21. The Labute approximate surface area is 49.5 Å². The minimum atomic E-state index is 0.0694. The lowest BCUT2D eigenvalue weighted by molar-refractivity contribution is 0.208. The van der Waals surface area contributed by atoms with Crippen LogP contribution in [0.2, 0.25) is 0 Å².